The Labute approximate surface area is 71.6 Å². The van der Waals surface area contributed by atoms with Crippen molar-refractivity contribution in [3.05, 3.63) is 12.2 Å². The summed E-state index contributed by atoms with van der Waals surface area (Å²) in [5, 5.41) is 7.92. The van der Waals surface area contributed by atoms with Crippen LogP contribution in [0.1, 0.15) is 37.7 Å². The van der Waals surface area contributed by atoms with Crippen molar-refractivity contribution in [1.29, 1.82) is 0 Å². The molecular formula is C8H13N3O. The Kier molecular flexibility index (Phi) is 1.84. The molecule has 1 aliphatic rings. The molecule has 12 heavy (non-hydrogen) atoms. The van der Waals surface area contributed by atoms with E-state index in [1.807, 2.05) is 6.92 Å². The van der Waals surface area contributed by atoms with Crippen LogP contribution in [0.5, 0.6) is 0 Å². The molecule has 4 nitrogen and oxygen atoms in total. The first-order valence-corrected chi connectivity index (χ1v) is 4.25. The summed E-state index contributed by atoms with van der Waals surface area (Å²) >= 11 is 0. The van der Waals surface area contributed by atoms with Crippen molar-refractivity contribution in [2.75, 3.05) is 7.11 Å². The predicted molar refractivity (Wildman–Crippen MR) is 43.7 cm³/mol. The Balaban J connectivity index is 2.23. The highest BCUT2D eigenvalue weighted by atomic mass is 16.5. The lowest BCUT2D eigenvalue weighted by molar-refractivity contribution is 0.108. The summed E-state index contributed by atoms with van der Waals surface area (Å²) in [6, 6.07) is 0.632. The Morgan fingerprint density at radius 2 is 2.42 bits per heavy atom. The van der Waals surface area contributed by atoms with Crippen LogP contribution in [0, 0.1) is 0 Å². The molecule has 0 amide bonds. The average molecular weight is 167 g/mol. The highest BCUT2D eigenvalue weighted by Crippen LogP contribution is 2.36. The Morgan fingerprint density at radius 1 is 1.67 bits per heavy atom. The first-order valence-electron chi connectivity index (χ1n) is 4.25. The zero-order valence-corrected chi connectivity index (χ0v) is 7.40. The quantitative estimate of drug-likeness (QED) is 0.681. The second-order valence-corrected chi connectivity index (χ2v) is 3.21. The van der Waals surface area contributed by atoms with Gasteiger partial charge in [-0.25, -0.2) is 0 Å². The summed E-state index contributed by atoms with van der Waals surface area (Å²) in [6.45, 7) is 1.99. The first-order chi connectivity index (χ1) is 5.83. The van der Waals surface area contributed by atoms with Crippen LogP contribution in [0.15, 0.2) is 6.33 Å². The number of aromatic nitrogens is 3. The van der Waals surface area contributed by atoms with Gasteiger partial charge in [-0.3, -0.25) is 0 Å². The lowest BCUT2D eigenvalue weighted by Crippen LogP contribution is -2.06. The zero-order valence-electron chi connectivity index (χ0n) is 7.40. The van der Waals surface area contributed by atoms with E-state index >= 15 is 0 Å². The highest BCUT2D eigenvalue weighted by Gasteiger charge is 2.27. The maximum Gasteiger partial charge on any atom is 0.161 e. The van der Waals surface area contributed by atoms with Gasteiger partial charge in [-0.2, -0.15) is 0 Å². The van der Waals surface area contributed by atoms with Crippen LogP contribution in [-0.4, -0.2) is 21.9 Å². The van der Waals surface area contributed by atoms with Gasteiger partial charge in [0.25, 0.3) is 0 Å². The van der Waals surface area contributed by atoms with Gasteiger partial charge in [-0.1, -0.05) is 0 Å². The van der Waals surface area contributed by atoms with Crippen molar-refractivity contribution in [2.45, 2.75) is 31.9 Å². The van der Waals surface area contributed by atoms with E-state index in [-0.39, 0.29) is 6.10 Å². The van der Waals surface area contributed by atoms with E-state index in [1.54, 1.807) is 13.4 Å². The number of rotatable bonds is 3. The minimum Gasteiger partial charge on any atom is -0.374 e. The van der Waals surface area contributed by atoms with Crippen LogP contribution in [0.4, 0.5) is 0 Å². The van der Waals surface area contributed by atoms with Crippen LogP contribution >= 0.6 is 0 Å². The van der Waals surface area contributed by atoms with Crippen molar-refractivity contribution in [2.24, 2.45) is 0 Å². The van der Waals surface area contributed by atoms with Crippen LogP contribution in [-0.2, 0) is 4.74 Å². The monoisotopic (exact) mass is 167 g/mol. The van der Waals surface area contributed by atoms with Crippen molar-refractivity contribution < 1.29 is 4.74 Å². The highest BCUT2D eigenvalue weighted by molar-refractivity contribution is 4.97. The smallest absolute Gasteiger partial charge is 0.161 e. The molecule has 1 unspecified atom stereocenters. The second kappa shape index (κ2) is 2.86. The Morgan fingerprint density at radius 3 is 3.00 bits per heavy atom. The minimum absolute atomic E-state index is 0.0492. The lowest BCUT2D eigenvalue weighted by atomic mass is 10.4. The van der Waals surface area contributed by atoms with E-state index < -0.39 is 0 Å². The third-order valence-electron chi connectivity index (χ3n) is 2.26. The maximum absolute atomic E-state index is 5.19. The van der Waals surface area contributed by atoms with Gasteiger partial charge in [0.15, 0.2) is 5.82 Å². The molecule has 1 fully saturated rings. The fraction of sp³-hybridized carbons (Fsp3) is 0.750. The Hall–Kier alpha value is -0.900. The number of ether oxygens (including phenoxy) is 1. The summed E-state index contributed by atoms with van der Waals surface area (Å²) in [4.78, 5) is 0. The topological polar surface area (TPSA) is 39.9 Å². The molecule has 66 valence electrons. The van der Waals surface area contributed by atoms with Gasteiger partial charge in [0, 0.05) is 13.2 Å². The number of methoxy groups -OCH3 is 1. The molecular weight excluding hydrogens is 154 g/mol. The van der Waals surface area contributed by atoms with Gasteiger partial charge in [-0.15, -0.1) is 10.2 Å². The molecule has 0 aliphatic heterocycles. The fourth-order valence-corrected chi connectivity index (χ4v) is 1.28. The van der Waals surface area contributed by atoms with Gasteiger partial charge < -0.3 is 9.30 Å². The van der Waals surface area contributed by atoms with Crippen molar-refractivity contribution >= 4 is 0 Å². The van der Waals surface area contributed by atoms with Crippen molar-refractivity contribution in [1.82, 2.24) is 14.8 Å². The molecule has 0 radical (unpaired) electrons. The van der Waals surface area contributed by atoms with E-state index in [1.165, 1.54) is 12.8 Å². The number of hydrogen-bond acceptors (Lipinski definition) is 3. The first kappa shape index (κ1) is 7.73. The molecule has 2 rings (SSSR count). The third-order valence-corrected chi connectivity index (χ3v) is 2.26. The third kappa shape index (κ3) is 1.22. The molecule has 1 aliphatic carbocycles. The van der Waals surface area contributed by atoms with Gasteiger partial charge in [-0.05, 0) is 19.8 Å². The standard InChI is InChI=1S/C8H13N3O/c1-6(12-2)8-10-9-5-11(8)7-3-4-7/h5-7H,3-4H2,1-2H3. The minimum atomic E-state index is 0.0492. The molecule has 1 atom stereocenters. The van der Waals surface area contributed by atoms with E-state index in [0.717, 1.165) is 5.82 Å². The van der Waals surface area contributed by atoms with Crippen LogP contribution in [0.2, 0.25) is 0 Å². The van der Waals surface area contributed by atoms with Crippen LogP contribution in [0.3, 0.4) is 0 Å². The fourth-order valence-electron chi connectivity index (χ4n) is 1.28. The van der Waals surface area contributed by atoms with E-state index in [9.17, 15) is 0 Å². The normalized spacial score (nSPS) is 19.5. The average Bonchev–Trinajstić information content (AvgIpc) is 2.83. The second-order valence-electron chi connectivity index (χ2n) is 3.21. The number of nitrogens with zero attached hydrogens (tertiary/aromatic N) is 3. The van der Waals surface area contributed by atoms with E-state index in [4.69, 9.17) is 4.74 Å². The van der Waals surface area contributed by atoms with Crippen molar-refractivity contribution in [3.8, 4) is 0 Å². The van der Waals surface area contributed by atoms with Crippen molar-refractivity contribution in [3.63, 3.8) is 0 Å². The van der Waals surface area contributed by atoms with Gasteiger partial charge in [0.2, 0.25) is 0 Å². The summed E-state index contributed by atoms with van der Waals surface area (Å²) < 4.78 is 7.31. The molecule has 1 aromatic rings. The van der Waals surface area contributed by atoms with Crippen LogP contribution < -0.4 is 0 Å². The molecule has 1 aromatic heterocycles. The lowest BCUT2D eigenvalue weighted by Gasteiger charge is -2.09. The molecule has 0 saturated heterocycles. The molecule has 0 aromatic carbocycles. The largest absolute Gasteiger partial charge is 0.374 e. The molecule has 1 heterocycles. The van der Waals surface area contributed by atoms with E-state index in [0.29, 0.717) is 6.04 Å². The van der Waals surface area contributed by atoms with Gasteiger partial charge in [0.1, 0.15) is 12.4 Å². The molecule has 0 bridgehead atoms. The molecule has 1 saturated carbocycles. The maximum atomic E-state index is 5.19. The van der Waals surface area contributed by atoms with E-state index in [2.05, 4.69) is 14.8 Å². The number of hydrogen-bond donors (Lipinski definition) is 0. The molecule has 0 N–H and O–H groups in total. The van der Waals surface area contributed by atoms with Gasteiger partial charge in [0.05, 0.1) is 0 Å². The predicted octanol–water partition coefficient (Wildman–Crippen LogP) is 1.32. The summed E-state index contributed by atoms with van der Waals surface area (Å²) in [6.07, 6.45) is 4.35. The molecule has 4 heteroatoms. The van der Waals surface area contributed by atoms with Crippen LogP contribution in [0.25, 0.3) is 0 Å². The summed E-state index contributed by atoms with van der Waals surface area (Å²) in [5.74, 6) is 0.944. The zero-order chi connectivity index (χ0) is 8.55. The summed E-state index contributed by atoms with van der Waals surface area (Å²) in [7, 11) is 1.69. The SMILES string of the molecule is COC(C)c1nncn1C1CC1. The summed E-state index contributed by atoms with van der Waals surface area (Å²) in [5.41, 5.74) is 0. The Bertz CT molecular complexity index is 267. The van der Waals surface area contributed by atoms with Gasteiger partial charge >= 0.3 is 0 Å². The molecule has 0 spiro atoms.